The van der Waals surface area contributed by atoms with Crippen molar-refractivity contribution in [3.63, 3.8) is 0 Å². The van der Waals surface area contributed by atoms with Gasteiger partial charge in [0.25, 0.3) is 0 Å². The molecule has 4 nitrogen and oxygen atoms in total. The zero-order valence-corrected chi connectivity index (χ0v) is 19.1. The molecule has 2 heterocycles. The summed E-state index contributed by atoms with van der Waals surface area (Å²) >= 11 is 1.58. The minimum Gasteiger partial charge on any atom is -0.411 e. The van der Waals surface area contributed by atoms with Crippen LogP contribution in [-0.4, -0.2) is 41.9 Å². The second-order valence-corrected chi connectivity index (χ2v) is 15.5. The van der Waals surface area contributed by atoms with Gasteiger partial charge in [0.15, 0.2) is 8.32 Å². The van der Waals surface area contributed by atoms with Gasteiger partial charge in [-0.05, 0) is 51.7 Å². The van der Waals surface area contributed by atoms with E-state index < -0.39 is 13.9 Å². The van der Waals surface area contributed by atoms with E-state index in [9.17, 15) is 5.11 Å². The molecule has 2 rings (SSSR count). The summed E-state index contributed by atoms with van der Waals surface area (Å²) in [6.45, 7) is 20.3. The zero-order valence-electron chi connectivity index (χ0n) is 17.3. The van der Waals surface area contributed by atoms with E-state index in [4.69, 9.17) is 9.41 Å². The van der Waals surface area contributed by atoms with Gasteiger partial charge in [0.2, 0.25) is 0 Å². The Bertz CT molecular complexity index is 579. The Morgan fingerprint density at radius 2 is 1.76 bits per heavy atom. The lowest BCUT2D eigenvalue weighted by Crippen LogP contribution is -2.50. The first-order valence-corrected chi connectivity index (χ1v) is 13.1. The van der Waals surface area contributed by atoms with Crippen molar-refractivity contribution in [1.29, 1.82) is 0 Å². The summed E-state index contributed by atoms with van der Waals surface area (Å²) in [4.78, 5) is 7.17. The summed E-state index contributed by atoms with van der Waals surface area (Å²) in [5.41, 5.74) is 0.338. The number of piperidine rings is 1. The van der Waals surface area contributed by atoms with Crippen LogP contribution in [0.25, 0.3) is 0 Å². The van der Waals surface area contributed by atoms with Crippen LogP contribution in [0.5, 0.6) is 0 Å². The van der Waals surface area contributed by atoms with E-state index in [1.165, 1.54) is 0 Å². The predicted octanol–water partition coefficient (Wildman–Crippen LogP) is 4.75. The van der Waals surface area contributed by atoms with E-state index in [1.807, 2.05) is 0 Å². The predicted molar refractivity (Wildman–Crippen MR) is 109 cm³/mol. The summed E-state index contributed by atoms with van der Waals surface area (Å²) in [6, 6.07) is 0. The molecule has 0 saturated carbocycles. The molecule has 144 valence electrons. The molecule has 0 spiro atoms. The molecule has 1 saturated heterocycles. The largest absolute Gasteiger partial charge is 0.411 e. The molecule has 0 radical (unpaired) electrons. The molecule has 1 N–H and O–H groups in total. The Labute approximate surface area is 158 Å². The lowest BCUT2D eigenvalue weighted by Gasteiger charge is -2.43. The SMILES string of the molecule is CC(C)(C)N1CCC(O)(c2nc(CO[Si](C)(C)C(C)(C)C)cs2)CC1. The van der Waals surface area contributed by atoms with Crippen LogP contribution in [0.1, 0.15) is 65.1 Å². The van der Waals surface area contributed by atoms with E-state index in [-0.39, 0.29) is 10.6 Å². The highest BCUT2D eigenvalue weighted by Gasteiger charge is 2.40. The molecule has 0 aromatic carbocycles. The summed E-state index contributed by atoms with van der Waals surface area (Å²) in [7, 11) is -1.77. The van der Waals surface area contributed by atoms with Gasteiger partial charge in [0.1, 0.15) is 10.6 Å². The number of hydrogen-bond donors (Lipinski definition) is 1. The third-order valence-electron chi connectivity index (χ3n) is 5.88. The highest BCUT2D eigenvalue weighted by molar-refractivity contribution is 7.09. The maximum atomic E-state index is 11.1. The van der Waals surface area contributed by atoms with Gasteiger partial charge >= 0.3 is 0 Å². The fraction of sp³-hybridized carbons (Fsp3) is 0.842. The fourth-order valence-electron chi connectivity index (χ4n) is 2.82. The number of aliphatic hydroxyl groups is 1. The van der Waals surface area contributed by atoms with Crippen molar-refractivity contribution in [2.24, 2.45) is 0 Å². The van der Waals surface area contributed by atoms with Crippen LogP contribution in [0.15, 0.2) is 5.38 Å². The van der Waals surface area contributed by atoms with Crippen LogP contribution in [0.4, 0.5) is 0 Å². The summed E-state index contributed by atoms with van der Waals surface area (Å²) in [5.74, 6) is 0. The third-order valence-corrected chi connectivity index (χ3v) is 11.4. The molecule has 1 aliphatic heterocycles. The van der Waals surface area contributed by atoms with Crippen LogP contribution >= 0.6 is 11.3 Å². The number of aromatic nitrogens is 1. The fourth-order valence-corrected chi connectivity index (χ4v) is 4.72. The van der Waals surface area contributed by atoms with Gasteiger partial charge in [-0.15, -0.1) is 11.3 Å². The van der Waals surface area contributed by atoms with Gasteiger partial charge in [-0.1, -0.05) is 20.8 Å². The van der Waals surface area contributed by atoms with Crippen molar-refractivity contribution >= 4 is 19.7 Å². The number of hydrogen-bond acceptors (Lipinski definition) is 5. The van der Waals surface area contributed by atoms with Gasteiger partial charge in [0.05, 0.1) is 12.3 Å². The Balaban J connectivity index is 2.00. The lowest BCUT2D eigenvalue weighted by molar-refractivity contribution is -0.0463. The van der Waals surface area contributed by atoms with Crippen LogP contribution in [0, 0.1) is 0 Å². The smallest absolute Gasteiger partial charge is 0.192 e. The van der Waals surface area contributed by atoms with Crippen molar-refractivity contribution in [3.8, 4) is 0 Å². The lowest BCUT2D eigenvalue weighted by atomic mass is 9.89. The van der Waals surface area contributed by atoms with Crippen LogP contribution in [0.3, 0.4) is 0 Å². The second-order valence-electron chi connectivity index (χ2n) is 9.88. The average molecular weight is 385 g/mol. The molecule has 0 atom stereocenters. The molecular weight excluding hydrogens is 348 g/mol. The first-order valence-electron chi connectivity index (χ1n) is 9.31. The van der Waals surface area contributed by atoms with Crippen LogP contribution in [0.2, 0.25) is 18.1 Å². The number of rotatable bonds is 4. The van der Waals surface area contributed by atoms with Crippen LogP contribution < -0.4 is 0 Å². The van der Waals surface area contributed by atoms with Crippen molar-refractivity contribution < 1.29 is 9.53 Å². The van der Waals surface area contributed by atoms with Gasteiger partial charge in [-0.3, -0.25) is 4.90 Å². The Morgan fingerprint density at radius 1 is 1.20 bits per heavy atom. The number of likely N-dealkylation sites (tertiary alicyclic amines) is 1. The molecule has 1 aromatic rings. The normalized spacial score (nSPS) is 20.0. The van der Waals surface area contributed by atoms with Gasteiger partial charge in [0, 0.05) is 24.0 Å². The van der Waals surface area contributed by atoms with Crippen molar-refractivity contribution in [1.82, 2.24) is 9.88 Å². The van der Waals surface area contributed by atoms with E-state index in [0.717, 1.165) is 36.6 Å². The topological polar surface area (TPSA) is 45.6 Å². The molecular formula is C19H36N2O2SSi. The van der Waals surface area contributed by atoms with E-state index in [2.05, 4.69) is 64.9 Å². The summed E-state index contributed by atoms with van der Waals surface area (Å²) < 4.78 is 6.27. The average Bonchev–Trinajstić information content (AvgIpc) is 2.93. The zero-order chi connectivity index (χ0) is 19.1. The maximum absolute atomic E-state index is 11.1. The van der Waals surface area contributed by atoms with Crippen molar-refractivity contribution in [3.05, 3.63) is 16.1 Å². The standard InChI is InChI=1S/C19H36N2O2SSi/c1-17(2,3)21-11-9-19(22,10-12-21)16-20-15(14-24-16)13-23-25(7,8)18(4,5)6/h14,22H,9-13H2,1-8H3. The molecule has 0 aliphatic carbocycles. The molecule has 0 amide bonds. The quantitative estimate of drug-likeness (QED) is 0.761. The van der Waals surface area contributed by atoms with Crippen molar-refractivity contribution in [2.75, 3.05) is 13.1 Å². The number of nitrogens with zero attached hydrogens (tertiary/aromatic N) is 2. The second kappa shape index (κ2) is 7.04. The van der Waals surface area contributed by atoms with Gasteiger partial charge < -0.3 is 9.53 Å². The Hall–Kier alpha value is -0.273. The minimum absolute atomic E-state index is 0.159. The van der Waals surface area contributed by atoms with Gasteiger partial charge in [-0.2, -0.15) is 0 Å². The van der Waals surface area contributed by atoms with Gasteiger partial charge in [-0.25, -0.2) is 4.98 Å². The van der Waals surface area contributed by atoms with E-state index in [1.54, 1.807) is 11.3 Å². The van der Waals surface area contributed by atoms with Crippen molar-refractivity contribution in [2.45, 2.75) is 90.3 Å². The molecule has 0 unspecified atom stereocenters. The molecule has 6 heteroatoms. The maximum Gasteiger partial charge on any atom is 0.192 e. The highest BCUT2D eigenvalue weighted by Crippen LogP contribution is 2.38. The molecule has 0 bridgehead atoms. The van der Waals surface area contributed by atoms with Crippen LogP contribution in [-0.2, 0) is 16.6 Å². The molecule has 1 aliphatic rings. The van der Waals surface area contributed by atoms with E-state index >= 15 is 0 Å². The van der Waals surface area contributed by atoms with E-state index in [0.29, 0.717) is 6.61 Å². The third kappa shape index (κ3) is 4.92. The summed E-state index contributed by atoms with van der Waals surface area (Å²) in [5, 5.41) is 14.2. The highest BCUT2D eigenvalue weighted by atomic mass is 32.1. The monoisotopic (exact) mass is 384 g/mol. The molecule has 1 aromatic heterocycles. The Morgan fingerprint density at radius 3 is 2.24 bits per heavy atom. The molecule has 1 fully saturated rings. The first-order chi connectivity index (χ1) is 11.2. The molecule has 25 heavy (non-hydrogen) atoms. The number of thiazole rings is 1. The summed E-state index contributed by atoms with van der Waals surface area (Å²) in [6.07, 6.45) is 1.50. The minimum atomic E-state index is -1.77. The Kier molecular flexibility index (Phi) is 5.92. The first kappa shape index (κ1) is 21.0.